The van der Waals surface area contributed by atoms with Gasteiger partial charge in [0.1, 0.15) is 0 Å². The van der Waals surface area contributed by atoms with E-state index in [1.165, 1.54) is 0 Å². The average molecular weight is 430 g/mol. The summed E-state index contributed by atoms with van der Waals surface area (Å²) in [6, 6.07) is 15.0. The van der Waals surface area contributed by atoms with Crippen LogP contribution in [0.5, 0.6) is 0 Å². The molecule has 0 bridgehead atoms. The fourth-order valence-electron chi connectivity index (χ4n) is 3.25. The van der Waals surface area contributed by atoms with Gasteiger partial charge in [0.25, 0.3) is 5.91 Å². The van der Waals surface area contributed by atoms with Crippen LogP contribution in [0.25, 0.3) is 0 Å². The number of hydrogen-bond donors (Lipinski definition) is 0. The van der Waals surface area contributed by atoms with Crippen LogP contribution in [0.15, 0.2) is 59.5 Å². The van der Waals surface area contributed by atoms with E-state index in [2.05, 4.69) is 0 Å². The first-order valence-corrected chi connectivity index (χ1v) is 11.9. The Morgan fingerprint density at radius 3 is 2.47 bits per heavy atom. The second-order valence-electron chi connectivity index (χ2n) is 7.52. The van der Waals surface area contributed by atoms with Crippen LogP contribution >= 0.6 is 0 Å². The molecule has 1 aliphatic carbocycles. The van der Waals surface area contributed by atoms with Gasteiger partial charge in [0.15, 0.2) is 9.84 Å². The van der Waals surface area contributed by atoms with Crippen molar-refractivity contribution < 1.29 is 22.7 Å². The molecule has 0 unspecified atom stereocenters. The lowest BCUT2D eigenvalue weighted by atomic mass is 10.1. The number of nitrogens with zero attached hydrogens (tertiary/aromatic N) is 1. The van der Waals surface area contributed by atoms with Gasteiger partial charge in [-0.05, 0) is 55.5 Å². The van der Waals surface area contributed by atoms with E-state index < -0.39 is 9.84 Å². The molecule has 0 N–H and O–H groups in total. The minimum Gasteiger partial charge on any atom is -0.466 e. The van der Waals surface area contributed by atoms with Crippen LogP contribution in [0.4, 0.5) is 0 Å². The van der Waals surface area contributed by atoms with Crippen molar-refractivity contribution in [1.29, 1.82) is 0 Å². The van der Waals surface area contributed by atoms with E-state index in [1.807, 2.05) is 0 Å². The molecule has 160 valence electrons. The van der Waals surface area contributed by atoms with Crippen molar-refractivity contribution in [2.45, 2.75) is 36.8 Å². The van der Waals surface area contributed by atoms with Crippen molar-refractivity contribution in [1.82, 2.24) is 4.90 Å². The van der Waals surface area contributed by atoms with Crippen molar-refractivity contribution in [3.63, 3.8) is 0 Å². The van der Waals surface area contributed by atoms with Crippen molar-refractivity contribution in [2.75, 3.05) is 19.7 Å². The Hall–Kier alpha value is -2.67. The predicted octanol–water partition coefficient (Wildman–Crippen LogP) is 3.47. The summed E-state index contributed by atoms with van der Waals surface area (Å²) >= 11 is 0. The summed E-state index contributed by atoms with van der Waals surface area (Å²) in [5.74, 6) is -0.222. The first kappa shape index (κ1) is 22.0. The van der Waals surface area contributed by atoms with Gasteiger partial charge in [-0.3, -0.25) is 9.59 Å². The molecule has 30 heavy (non-hydrogen) atoms. The summed E-state index contributed by atoms with van der Waals surface area (Å²) in [6.07, 6.45) is 2.31. The number of rotatable bonds is 10. The van der Waals surface area contributed by atoms with Gasteiger partial charge in [-0.15, -0.1) is 0 Å². The summed E-state index contributed by atoms with van der Waals surface area (Å²) in [5, 5.41) is 0. The third kappa shape index (κ3) is 6.16. The zero-order chi connectivity index (χ0) is 21.6. The zero-order valence-corrected chi connectivity index (χ0v) is 17.9. The Morgan fingerprint density at radius 2 is 1.80 bits per heavy atom. The first-order chi connectivity index (χ1) is 14.4. The van der Waals surface area contributed by atoms with Crippen LogP contribution in [0, 0.1) is 5.92 Å². The molecule has 0 atom stereocenters. The minimum atomic E-state index is -3.50. The van der Waals surface area contributed by atoms with Gasteiger partial charge in [-0.2, -0.15) is 0 Å². The highest BCUT2D eigenvalue weighted by Crippen LogP contribution is 2.30. The zero-order valence-electron chi connectivity index (χ0n) is 17.1. The van der Waals surface area contributed by atoms with E-state index in [4.69, 9.17) is 4.74 Å². The number of esters is 1. The van der Waals surface area contributed by atoms with Crippen LogP contribution in [0.3, 0.4) is 0 Å². The molecular formula is C23H27NO5S. The number of benzene rings is 2. The van der Waals surface area contributed by atoms with E-state index in [0.717, 1.165) is 12.8 Å². The van der Waals surface area contributed by atoms with E-state index in [0.29, 0.717) is 36.7 Å². The Kier molecular flexibility index (Phi) is 7.26. The Morgan fingerprint density at radius 1 is 1.07 bits per heavy atom. The molecule has 0 spiro atoms. The van der Waals surface area contributed by atoms with Gasteiger partial charge in [0, 0.05) is 18.7 Å². The molecule has 1 fully saturated rings. The molecule has 0 aromatic heterocycles. The van der Waals surface area contributed by atoms with Crippen LogP contribution < -0.4 is 0 Å². The lowest BCUT2D eigenvalue weighted by Gasteiger charge is -2.22. The van der Waals surface area contributed by atoms with E-state index in [9.17, 15) is 18.0 Å². The van der Waals surface area contributed by atoms with Crippen molar-refractivity contribution in [3.05, 3.63) is 65.7 Å². The number of sulfone groups is 1. The fraction of sp³-hybridized carbons (Fsp3) is 0.391. The molecule has 1 saturated carbocycles. The maximum Gasteiger partial charge on any atom is 0.307 e. The second kappa shape index (κ2) is 9.89. The maximum atomic E-state index is 13.1. The fourth-order valence-corrected chi connectivity index (χ4v) is 4.61. The molecule has 0 radical (unpaired) electrons. The van der Waals surface area contributed by atoms with Gasteiger partial charge in [0.2, 0.25) is 0 Å². The summed E-state index contributed by atoms with van der Waals surface area (Å²) in [7, 11) is -3.50. The number of amides is 1. The number of hydrogen-bond acceptors (Lipinski definition) is 5. The van der Waals surface area contributed by atoms with Crippen LogP contribution in [0.2, 0.25) is 0 Å². The molecule has 0 saturated heterocycles. The molecule has 1 amide bonds. The maximum absolute atomic E-state index is 13.1. The Balaban J connectivity index is 1.73. The van der Waals surface area contributed by atoms with Gasteiger partial charge in [-0.25, -0.2) is 8.42 Å². The normalized spacial score (nSPS) is 13.6. The number of carbonyl (C=O) groups excluding carboxylic acids is 2. The SMILES string of the molecule is CCOC(=O)CCN(CC1CC1)C(=O)c1cccc(CS(=O)(=O)c2ccccc2)c1. The molecule has 0 aliphatic heterocycles. The summed E-state index contributed by atoms with van der Waals surface area (Å²) in [4.78, 5) is 26.8. The van der Waals surface area contributed by atoms with E-state index >= 15 is 0 Å². The molecule has 7 heteroatoms. The molecule has 1 aliphatic rings. The molecule has 3 rings (SSSR count). The highest BCUT2D eigenvalue weighted by molar-refractivity contribution is 7.90. The van der Waals surface area contributed by atoms with E-state index in [-0.39, 0.29) is 28.9 Å². The predicted molar refractivity (Wildman–Crippen MR) is 114 cm³/mol. The molecular weight excluding hydrogens is 402 g/mol. The second-order valence-corrected chi connectivity index (χ2v) is 9.51. The lowest BCUT2D eigenvalue weighted by molar-refractivity contribution is -0.143. The third-order valence-corrected chi connectivity index (χ3v) is 6.69. The largest absolute Gasteiger partial charge is 0.466 e. The molecule has 6 nitrogen and oxygen atoms in total. The van der Waals surface area contributed by atoms with Crippen LogP contribution in [0.1, 0.15) is 42.1 Å². The van der Waals surface area contributed by atoms with Crippen molar-refractivity contribution in [2.24, 2.45) is 5.92 Å². The minimum absolute atomic E-state index is 0.147. The molecule has 2 aromatic carbocycles. The Bertz CT molecular complexity index is 984. The summed E-state index contributed by atoms with van der Waals surface area (Å²) in [6.45, 7) is 2.96. The van der Waals surface area contributed by atoms with Crippen molar-refractivity contribution in [3.8, 4) is 0 Å². The smallest absolute Gasteiger partial charge is 0.307 e. The monoisotopic (exact) mass is 429 g/mol. The van der Waals surface area contributed by atoms with E-state index in [1.54, 1.807) is 66.4 Å². The first-order valence-electron chi connectivity index (χ1n) is 10.2. The topological polar surface area (TPSA) is 80.8 Å². The van der Waals surface area contributed by atoms with Crippen LogP contribution in [-0.4, -0.2) is 44.9 Å². The van der Waals surface area contributed by atoms with Gasteiger partial charge in [-0.1, -0.05) is 30.3 Å². The number of ether oxygens (including phenoxy) is 1. The molecule has 2 aromatic rings. The van der Waals surface area contributed by atoms with Crippen molar-refractivity contribution >= 4 is 21.7 Å². The molecule has 0 heterocycles. The average Bonchev–Trinajstić information content (AvgIpc) is 3.55. The highest BCUT2D eigenvalue weighted by Gasteiger charge is 2.28. The summed E-state index contributed by atoms with van der Waals surface area (Å²) < 4.78 is 30.3. The standard InChI is InChI=1S/C23H27NO5S/c1-2-29-22(25)13-14-24(16-18-11-12-18)23(26)20-8-6-7-19(15-20)17-30(27,28)21-9-4-3-5-10-21/h3-10,15,18H,2,11-14,16-17H2,1H3. The third-order valence-electron chi connectivity index (χ3n) is 4.99. The van der Waals surface area contributed by atoms with Gasteiger partial charge >= 0.3 is 5.97 Å². The Labute approximate surface area is 177 Å². The summed E-state index contributed by atoms with van der Waals surface area (Å²) in [5.41, 5.74) is 0.988. The van der Waals surface area contributed by atoms with Crippen LogP contribution in [-0.2, 0) is 25.1 Å². The number of carbonyl (C=O) groups is 2. The lowest BCUT2D eigenvalue weighted by Crippen LogP contribution is -2.35. The highest BCUT2D eigenvalue weighted by atomic mass is 32.2. The van der Waals surface area contributed by atoms with Gasteiger partial charge in [0.05, 0.1) is 23.7 Å². The van der Waals surface area contributed by atoms with Gasteiger partial charge < -0.3 is 9.64 Å². The quantitative estimate of drug-likeness (QED) is 0.540.